The van der Waals surface area contributed by atoms with Crippen molar-refractivity contribution in [1.82, 2.24) is 4.90 Å². The molecule has 0 saturated carbocycles. The number of nitriles is 1. The maximum Gasteiger partial charge on any atom is 0.180 e. The van der Waals surface area contributed by atoms with Crippen LogP contribution in [0.3, 0.4) is 0 Å². The summed E-state index contributed by atoms with van der Waals surface area (Å²) in [5.74, 6) is 0.371. The minimum absolute atomic E-state index is 0.157. The van der Waals surface area contributed by atoms with Gasteiger partial charge in [0.05, 0.1) is 11.8 Å². The zero-order valence-electron chi connectivity index (χ0n) is 25.5. The number of aliphatic hydroxyl groups is 1. The molecule has 0 unspecified atom stereocenters. The number of piperidine rings is 1. The number of hydrogen-bond acceptors (Lipinski definition) is 5. The van der Waals surface area contributed by atoms with Crippen LogP contribution in [-0.2, 0) is 10.2 Å². The van der Waals surface area contributed by atoms with E-state index in [0.717, 1.165) is 75.1 Å². The summed E-state index contributed by atoms with van der Waals surface area (Å²) in [6, 6.07) is 33.2. The van der Waals surface area contributed by atoms with Crippen LogP contribution in [0.4, 0.5) is 5.69 Å². The van der Waals surface area contributed by atoms with Crippen LogP contribution in [0.15, 0.2) is 115 Å². The van der Waals surface area contributed by atoms with E-state index in [2.05, 4.69) is 65.8 Å². The minimum Gasteiger partial charge on any atom is -0.513 e. The molecule has 1 aliphatic rings. The molecule has 1 N–H and O–H groups in total. The zero-order chi connectivity index (χ0) is 30.5. The van der Waals surface area contributed by atoms with Gasteiger partial charge in [-0.05, 0) is 74.8 Å². The molecule has 1 aliphatic heterocycles. The molecular formula is C38H45N3O2. The Bertz CT molecular complexity index is 1330. The van der Waals surface area contributed by atoms with Gasteiger partial charge in [-0.1, -0.05) is 91.5 Å². The van der Waals surface area contributed by atoms with Crippen molar-refractivity contribution in [2.45, 2.75) is 62.8 Å². The van der Waals surface area contributed by atoms with Crippen LogP contribution < -0.4 is 4.90 Å². The van der Waals surface area contributed by atoms with Gasteiger partial charge < -0.3 is 14.9 Å². The number of rotatable bonds is 15. The lowest BCUT2D eigenvalue weighted by atomic mass is 9.73. The third-order valence-corrected chi connectivity index (χ3v) is 8.93. The van der Waals surface area contributed by atoms with Crippen LogP contribution in [0, 0.1) is 11.3 Å². The largest absolute Gasteiger partial charge is 0.513 e. The lowest BCUT2D eigenvalue weighted by Crippen LogP contribution is -2.60. The molecule has 0 aliphatic carbocycles. The van der Waals surface area contributed by atoms with E-state index in [0.29, 0.717) is 12.8 Å². The standard InChI is InChI=1S/C38H45N3O2/c1-3-41(35-22-14-8-15-23-35)38(36(43)24-16-5-4-9-17-32(2)42)26-29-40(30-27-38)28-25-37(31-39,33-18-10-6-11-19-33)34-20-12-7-13-21-34/h6-8,10-16,18-24,42H,2-5,9,17,25-30H2,1H3/b24-16-. The summed E-state index contributed by atoms with van der Waals surface area (Å²) in [4.78, 5) is 18.7. The van der Waals surface area contributed by atoms with Crippen LogP contribution in [0.2, 0.25) is 0 Å². The van der Waals surface area contributed by atoms with Gasteiger partial charge in [0.25, 0.3) is 0 Å². The predicted octanol–water partition coefficient (Wildman–Crippen LogP) is 8.00. The predicted molar refractivity (Wildman–Crippen MR) is 176 cm³/mol. The number of likely N-dealkylation sites (N-methyl/N-ethyl adjacent to an activating group) is 1. The fourth-order valence-electron chi connectivity index (χ4n) is 6.48. The van der Waals surface area contributed by atoms with Crippen molar-refractivity contribution in [2.75, 3.05) is 31.1 Å². The number of ketones is 1. The van der Waals surface area contributed by atoms with Gasteiger partial charge in [-0.15, -0.1) is 0 Å². The maximum atomic E-state index is 14.0. The number of hydrogen-bond donors (Lipinski definition) is 1. The molecular weight excluding hydrogens is 530 g/mol. The first-order valence-corrected chi connectivity index (χ1v) is 15.6. The average molecular weight is 576 g/mol. The van der Waals surface area contributed by atoms with Crippen LogP contribution in [0.25, 0.3) is 0 Å². The molecule has 224 valence electrons. The van der Waals surface area contributed by atoms with E-state index in [9.17, 15) is 15.2 Å². The van der Waals surface area contributed by atoms with E-state index in [1.807, 2.05) is 60.7 Å². The van der Waals surface area contributed by atoms with Crippen molar-refractivity contribution >= 4 is 11.5 Å². The monoisotopic (exact) mass is 575 g/mol. The molecule has 1 fully saturated rings. The lowest BCUT2D eigenvalue weighted by molar-refractivity contribution is -0.121. The maximum absolute atomic E-state index is 14.0. The van der Waals surface area contributed by atoms with E-state index in [-0.39, 0.29) is 11.5 Å². The van der Waals surface area contributed by atoms with Crippen molar-refractivity contribution in [1.29, 1.82) is 5.26 Å². The third kappa shape index (κ3) is 7.63. The van der Waals surface area contributed by atoms with Crippen LogP contribution in [0.1, 0.15) is 63.0 Å². The summed E-state index contributed by atoms with van der Waals surface area (Å²) in [7, 11) is 0. The number of aliphatic hydroxyl groups excluding tert-OH is 1. The summed E-state index contributed by atoms with van der Waals surface area (Å²) in [6.07, 6.45) is 9.07. The fraction of sp³-hybridized carbons (Fsp3) is 0.368. The number of likely N-dealkylation sites (tertiary alicyclic amines) is 1. The molecule has 0 amide bonds. The van der Waals surface area contributed by atoms with E-state index < -0.39 is 11.0 Å². The zero-order valence-corrected chi connectivity index (χ0v) is 25.5. The van der Waals surface area contributed by atoms with Gasteiger partial charge >= 0.3 is 0 Å². The number of nitrogens with zero attached hydrogens (tertiary/aromatic N) is 3. The van der Waals surface area contributed by atoms with Crippen LogP contribution in [-0.4, -0.2) is 47.5 Å². The Kier molecular flexibility index (Phi) is 11.4. The van der Waals surface area contributed by atoms with Crippen molar-refractivity contribution in [3.05, 3.63) is 127 Å². The molecule has 3 aromatic rings. The summed E-state index contributed by atoms with van der Waals surface area (Å²) < 4.78 is 0. The Morgan fingerprint density at radius 2 is 1.53 bits per heavy atom. The lowest BCUT2D eigenvalue weighted by Gasteiger charge is -2.48. The molecule has 1 saturated heterocycles. The van der Waals surface area contributed by atoms with Crippen LogP contribution in [0.5, 0.6) is 0 Å². The van der Waals surface area contributed by atoms with Crippen LogP contribution >= 0.6 is 0 Å². The molecule has 5 heteroatoms. The number of allylic oxidation sites excluding steroid dienone is 2. The number of para-hydroxylation sites is 1. The van der Waals surface area contributed by atoms with Crippen molar-refractivity contribution in [3.63, 3.8) is 0 Å². The first-order valence-electron chi connectivity index (χ1n) is 15.6. The Hall–Kier alpha value is -4.14. The average Bonchev–Trinajstić information content (AvgIpc) is 3.05. The highest BCUT2D eigenvalue weighted by molar-refractivity contribution is 6.00. The first kappa shape index (κ1) is 31.8. The number of unbranched alkanes of at least 4 members (excludes halogenated alkanes) is 2. The topological polar surface area (TPSA) is 67.6 Å². The summed E-state index contributed by atoms with van der Waals surface area (Å²) >= 11 is 0. The first-order chi connectivity index (χ1) is 20.9. The Balaban J connectivity index is 1.52. The summed E-state index contributed by atoms with van der Waals surface area (Å²) in [6.45, 7) is 8.76. The number of carbonyl (C=O) groups excluding carboxylic acids is 1. The molecule has 0 aromatic heterocycles. The second kappa shape index (κ2) is 15.4. The fourth-order valence-corrected chi connectivity index (χ4v) is 6.48. The van der Waals surface area contributed by atoms with Crippen molar-refractivity contribution < 1.29 is 9.90 Å². The highest BCUT2D eigenvalue weighted by atomic mass is 16.3. The van der Waals surface area contributed by atoms with E-state index in [1.165, 1.54) is 0 Å². The molecule has 0 spiro atoms. The van der Waals surface area contributed by atoms with Gasteiger partial charge in [-0.2, -0.15) is 5.26 Å². The van der Waals surface area contributed by atoms with Crippen molar-refractivity contribution in [2.24, 2.45) is 0 Å². The Labute approximate surface area is 257 Å². The number of anilines is 1. The van der Waals surface area contributed by atoms with Gasteiger partial charge in [-0.25, -0.2) is 0 Å². The highest BCUT2D eigenvalue weighted by Gasteiger charge is 2.45. The van der Waals surface area contributed by atoms with Gasteiger partial charge in [0, 0.05) is 38.3 Å². The molecule has 0 radical (unpaired) electrons. The van der Waals surface area contributed by atoms with Gasteiger partial charge in [0.1, 0.15) is 11.0 Å². The Morgan fingerprint density at radius 1 is 0.977 bits per heavy atom. The molecule has 4 rings (SSSR count). The number of benzene rings is 3. The molecule has 0 bridgehead atoms. The minimum atomic E-state index is -0.739. The Morgan fingerprint density at radius 3 is 2.05 bits per heavy atom. The van der Waals surface area contributed by atoms with E-state index in [4.69, 9.17) is 0 Å². The molecule has 1 heterocycles. The normalized spacial score (nSPS) is 15.2. The smallest absolute Gasteiger partial charge is 0.180 e. The molecule has 43 heavy (non-hydrogen) atoms. The van der Waals surface area contributed by atoms with Crippen molar-refractivity contribution in [3.8, 4) is 6.07 Å². The summed E-state index contributed by atoms with van der Waals surface area (Å²) in [5, 5.41) is 20.0. The second-order valence-electron chi connectivity index (χ2n) is 11.5. The van der Waals surface area contributed by atoms with E-state index in [1.54, 1.807) is 6.08 Å². The summed E-state index contributed by atoms with van der Waals surface area (Å²) in [5.41, 5.74) is 1.74. The quantitative estimate of drug-likeness (QED) is 0.113. The SMILES string of the molecule is C=C(O)CCCC/C=C\C(=O)C1(N(CC)c2ccccc2)CCN(CCC(C#N)(c2ccccc2)c2ccccc2)CC1. The van der Waals surface area contributed by atoms with Gasteiger partial charge in [0.15, 0.2) is 5.78 Å². The number of carbonyl (C=O) groups is 1. The third-order valence-electron chi connectivity index (χ3n) is 8.93. The highest BCUT2D eigenvalue weighted by Crippen LogP contribution is 2.38. The molecule has 0 atom stereocenters. The molecule has 3 aromatic carbocycles. The second-order valence-corrected chi connectivity index (χ2v) is 11.5. The van der Waals surface area contributed by atoms with E-state index >= 15 is 0 Å². The van der Waals surface area contributed by atoms with Gasteiger partial charge in [0.2, 0.25) is 0 Å². The molecule has 5 nitrogen and oxygen atoms in total. The van der Waals surface area contributed by atoms with Gasteiger partial charge in [-0.3, -0.25) is 4.79 Å².